The average Bonchev–Trinajstić information content (AvgIpc) is 3.21. The summed E-state index contributed by atoms with van der Waals surface area (Å²) in [5, 5.41) is 2.85. The van der Waals surface area contributed by atoms with Crippen molar-refractivity contribution in [1.82, 2.24) is 4.98 Å². The zero-order chi connectivity index (χ0) is 21.8. The molecule has 1 atom stereocenters. The number of aromatic nitrogens is 1. The summed E-state index contributed by atoms with van der Waals surface area (Å²) in [5.41, 5.74) is 4.19. The first-order valence-electron chi connectivity index (χ1n) is 10.2. The molecule has 0 aliphatic rings. The van der Waals surface area contributed by atoms with Crippen molar-refractivity contribution in [3.63, 3.8) is 0 Å². The number of fused-ring (bicyclic) bond motifs is 1. The van der Waals surface area contributed by atoms with Crippen LogP contribution in [0, 0.1) is 3.57 Å². The monoisotopic (exact) mass is 526 g/mol. The first-order chi connectivity index (χ1) is 15.0. The van der Waals surface area contributed by atoms with Crippen molar-refractivity contribution in [2.24, 2.45) is 0 Å². The second kappa shape index (κ2) is 9.51. The van der Waals surface area contributed by atoms with Crippen molar-refractivity contribution >= 4 is 45.3 Å². The molecule has 0 saturated heterocycles. The molecule has 31 heavy (non-hydrogen) atoms. The number of carbonyl (C=O) groups excluding carboxylic acids is 1. The van der Waals surface area contributed by atoms with Crippen LogP contribution in [0.1, 0.15) is 31.7 Å². The zero-order valence-corrected chi connectivity index (χ0v) is 19.5. The summed E-state index contributed by atoms with van der Waals surface area (Å²) < 4.78 is 12.6. The lowest BCUT2D eigenvalue weighted by molar-refractivity contribution is -0.118. The maximum absolute atomic E-state index is 12.3. The largest absolute Gasteiger partial charge is 0.484 e. The molecule has 0 radical (unpaired) electrons. The molecule has 0 saturated carbocycles. The van der Waals surface area contributed by atoms with E-state index in [1.165, 1.54) is 5.56 Å². The van der Waals surface area contributed by atoms with E-state index in [0.717, 1.165) is 15.6 Å². The number of oxazole rings is 1. The lowest BCUT2D eigenvalue weighted by Crippen LogP contribution is -2.20. The van der Waals surface area contributed by atoms with Crippen LogP contribution < -0.4 is 10.1 Å². The Balaban J connectivity index is 1.39. The first kappa shape index (κ1) is 21.4. The molecule has 6 heteroatoms. The minimum absolute atomic E-state index is 0.0623. The molecule has 1 amide bonds. The molecule has 0 aliphatic heterocycles. The molecule has 3 aromatic carbocycles. The maximum Gasteiger partial charge on any atom is 0.262 e. The van der Waals surface area contributed by atoms with Gasteiger partial charge in [-0.05, 0) is 89.0 Å². The summed E-state index contributed by atoms with van der Waals surface area (Å²) in [6.07, 6.45) is 1.09. The van der Waals surface area contributed by atoms with Gasteiger partial charge in [-0.2, -0.15) is 0 Å². The molecule has 4 aromatic rings. The highest BCUT2D eigenvalue weighted by molar-refractivity contribution is 14.1. The molecule has 1 heterocycles. The van der Waals surface area contributed by atoms with Gasteiger partial charge in [0.1, 0.15) is 11.3 Å². The minimum Gasteiger partial charge on any atom is -0.484 e. The molecule has 1 unspecified atom stereocenters. The molecule has 0 bridgehead atoms. The highest BCUT2D eigenvalue weighted by atomic mass is 127. The van der Waals surface area contributed by atoms with Crippen LogP contribution >= 0.6 is 22.6 Å². The second-order valence-corrected chi connectivity index (χ2v) is 8.67. The smallest absolute Gasteiger partial charge is 0.262 e. The van der Waals surface area contributed by atoms with Gasteiger partial charge >= 0.3 is 0 Å². The second-order valence-electron chi connectivity index (χ2n) is 7.43. The lowest BCUT2D eigenvalue weighted by atomic mass is 9.99. The van der Waals surface area contributed by atoms with Crippen LogP contribution in [0.5, 0.6) is 5.75 Å². The van der Waals surface area contributed by atoms with Gasteiger partial charge in [0.25, 0.3) is 5.91 Å². The Bertz CT molecular complexity index is 1200. The average molecular weight is 526 g/mol. The van der Waals surface area contributed by atoms with Gasteiger partial charge in [-0.3, -0.25) is 4.79 Å². The van der Waals surface area contributed by atoms with E-state index in [2.05, 4.69) is 46.7 Å². The molecule has 0 aliphatic carbocycles. The Morgan fingerprint density at radius 2 is 1.94 bits per heavy atom. The van der Waals surface area contributed by atoms with Crippen LogP contribution in [0.2, 0.25) is 0 Å². The highest BCUT2D eigenvalue weighted by Gasteiger charge is 2.11. The number of hydrogen-bond donors (Lipinski definition) is 1. The van der Waals surface area contributed by atoms with Gasteiger partial charge in [-0.25, -0.2) is 4.98 Å². The van der Waals surface area contributed by atoms with Gasteiger partial charge in [0.05, 0.1) is 0 Å². The van der Waals surface area contributed by atoms with E-state index in [1.54, 1.807) is 12.1 Å². The van der Waals surface area contributed by atoms with Gasteiger partial charge in [0.2, 0.25) is 5.89 Å². The molecule has 1 N–H and O–H groups in total. The van der Waals surface area contributed by atoms with Crippen molar-refractivity contribution in [3.8, 4) is 17.2 Å². The van der Waals surface area contributed by atoms with E-state index in [-0.39, 0.29) is 12.5 Å². The van der Waals surface area contributed by atoms with Gasteiger partial charge in [-0.1, -0.05) is 32.0 Å². The fraction of sp³-hybridized carbons (Fsp3) is 0.200. The zero-order valence-electron chi connectivity index (χ0n) is 17.4. The van der Waals surface area contributed by atoms with E-state index < -0.39 is 0 Å². The van der Waals surface area contributed by atoms with Crippen molar-refractivity contribution < 1.29 is 13.9 Å². The number of anilines is 1. The van der Waals surface area contributed by atoms with Crippen LogP contribution in [-0.4, -0.2) is 17.5 Å². The third-order valence-electron chi connectivity index (χ3n) is 5.17. The SMILES string of the molecule is CCC(C)c1ccc(OCC(=O)Nc2ccc3oc(-c4cccc(I)c4)nc3c2)cc1. The number of amides is 1. The third kappa shape index (κ3) is 5.25. The summed E-state index contributed by atoms with van der Waals surface area (Å²) in [4.78, 5) is 16.9. The molecular formula is C25H23IN2O3. The summed E-state index contributed by atoms with van der Waals surface area (Å²) in [7, 11) is 0. The molecular weight excluding hydrogens is 503 g/mol. The Morgan fingerprint density at radius 1 is 1.13 bits per heavy atom. The highest BCUT2D eigenvalue weighted by Crippen LogP contribution is 2.27. The van der Waals surface area contributed by atoms with Crippen LogP contribution in [0.4, 0.5) is 5.69 Å². The Morgan fingerprint density at radius 3 is 2.68 bits per heavy atom. The number of carbonyl (C=O) groups is 1. The summed E-state index contributed by atoms with van der Waals surface area (Å²) >= 11 is 2.26. The van der Waals surface area contributed by atoms with Gasteiger partial charge in [-0.15, -0.1) is 0 Å². The predicted octanol–water partition coefficient (Wildman–Crippen LogP) is 6.63. The number of rotatable bonds is 7. The van der Waals surface area contributed by atoms with Gasteiger partial charge in [0.15, 0.2) is 12.2 Å². The summed E-state index contributed by atoms with van der Waals surface area (Å²) in [6, 6.07) is 21.3. The molecule has 5 nitrogen and oxygen atoms in total. The van der Waals surface area contributed by atoms with E-state index in [4.69, 9.17) is 9.15 Å². The standard InChI is InChI=1S/C25H23IN2O3/c1-3-16(2)17-7-10-21(11-8-17)30-15-24(29)27-20-9-12-23-22(14-20)28-25(31-23)18-5-4-6-19(26)13-18/h4-14,16H,3,15H2,1-2H3,(H,27,29). The maximum atomic E-state index is 12.3. The van der Waals surface area contributed by atoms with Crippen molar-refractivity contribution in [2.45, 2.75) is 26.2 Å². The number of ether oxygens (including phenoxy) is 1. The van der Waals surface area contributed by atoms with Crippen molar-refractivity contribution in [3.05, 3.63) is 75.9 Å². The minimum atomic E-state index is -0.230. The molecule has 4 rings (SSSR count). The fourth-order valence-electron chi connectivity index (χ4n) is 3.22. The summed E-state index contributed by atoms with van der Waals surface area (Å²) in [5.74, 6) is 1.51. The normalized spacial score (nSPS) is 12.0. The number of halogens is 1. The van der Waals surface area contributed by atoms with E-state index in [0.29, 0.717) is 34.3 Å². The van der Waals surface area contributed by atoms with Gasteiger partial charge in [0, 0.05) is 14.8 Å². The molecule has 0 fully saturated rings. The van der Waals surface area contributed by atoms with Crippen molar-refractivity contribution in [1.29, 1.82) is 0 Å². The fourth-order valence-corrected chi connectivity index (χ4v) is 3.77. The molecule has 0 spiro atoms. The Labute approximate surface area is 195 Å². The lowest BCUT2D eigenvalue weighted by Gasteiger charge is -2.11. The number of benzene rings is 3. The quantitative estimate of drug-likeness (QED) is 0.275. The van der Waals surface area contributed by atoms with Crippen LogP contribution in [-0.2, 0) is 4.79 Å². The topological polar surface area (TPSA) is 64.4 Å². The third-order valence-corrected chi connectivity index (χ3v) is 5.85. The predicted molar refractivity (Wildman–Crippen MR) is 131 cm³/mol. The number of nitrogens with one attached hydrogen (secondary N) is 1. The Kier molecular flexibility index (Phi) is 6.56. The number of hydrogen-bond acceptors (Lipinski definition) is 4. The van der Waals surface area contributed by atoms with E-state index >= 15 is 0 Å². The van der Waals surface area contributed by atoms with E-state index in [1.807, 2.05) is 54.6 Å². The van der Waals surface area contributed by atoms with Crippen LogP contribution in [0.15, 0.2) is 71.1 Å². The summed E-state index contributed by atoms with van der Waals surface area (Å²) in [6.45, 7) is 4.30. The van der Waals surface area contributed by atoms with Crippen LogP contribution in [0.3, 0.4) is 0 Å². The van der Waals surface area contributed by atoms with Crippen molar-refractivity contribution in [2.75, 3.05) is 11.9 Å². The molecule has 1 aromatic heterocycles. The first-order valence-corrected chi connectivity index (χ1v) is 11.3. The van der Waals surface area contributed by atoms with Gasteiger partial charge < -0.3 is 14.5 Å². The Hall–Kier alpha value is -2.87. The van der Waals surface area contributed by atoms with Crippen LogP contribution in [0.25, 0.3) is 22.6 Å². The van der Waals surface area contributed by atoms with E-state index in [9.17, 15) is 4.79 Å². The molecule has 158 valence electrons. The number of nitrogens with zero attached hydrogens (tertiary/aromatic N) is 1.